The average Bonchev–Trinajstić information content (AvgIpc) is 3.14. The van der Waals surface area contributed by atoms with Crippen molar-refractivity contribution in [2.75, 3.05) is 23.3 Å². The first-order valence-corrected chi connectivity index (χ1v) is 8.01. The molecular weight excluding hydrogens is 312 g/mol. The molecular formula is C16H17ClN6. The number of fused-ring (bicyclic) bond motifs is 1. The zero-order valence-corrected chi connectivity index (χ0v) is 13.5. The van der Waals surface area contributed by atoms with E-state index in [-0.39, 0.29) is 0 Å². The molecule has 118 valence electrons. The number of halogens is 1. The predicted octanol–water partition coefficient (Wildman–Crippen LogP) is 2.78. The molecule has 1 atom stereocenters. The van der Waals surface area contributed by atoms with Gasteiger partial charge in [-0.1, -0.05) is 11.6 Å². The van der Waals surface area contributed by atoms with Gasteiger partial charge in [0.15, 0.2) is 5.82 Å². The molecule has 0 radical (unpaired) electrons. The Kier molecular flexibility index (Phi) is 3.53. The van der Waals surface area contributed by atoms with Gasteiger partial charge in [0.05, 0.1) is 10.7 Å². The molecule has 4 rings (SSSR count). The van der Waals surface area contributed by atoms with E-state index in [4.69, 9.17) is 11.6 Å². The molecule has 7 heteroatoms. The minimum absolute atomic E-state index is 0.307. The van der Waals surface area contributed by atoms with Gasteiger partial charge in [0, 0.05) is 37.7 Å². The molecule has 1 unspecified atom stereocenters. The first-order chi connectivity index (χ1) is 11.2. The average molecular weight is 329 g/mol. The smallest absolute Gasteiger partial charge is 0.152 e. The Bertz CT molecular complexity index is 845. The SMILES string of the molecule is Cc1cc2c(NC3CCN(c4ncccc4Cl)C3)nccn2n1. The second-order valence-electron chi connectivity index (χ2n) is 5.78. The number of nitrogens with zero attached hydrogens (tertiary/aromatic N) is 5. The molecule has 0 aliphatic carbocycles. The van der Waals surface area contributed by atoms with E-state index in [2.05, 4.69) is 25.3 Å². The van der Waals surface area contributed by atoms with Crippen molar-refractivity contribution in [2.24, 2.45) is 0 Å². The second kappa shape index (κ2) is 5.70. The third kappa shape index (κ3) is 2.70. The van der Waals surface area contributed by atoms with Crippen LogP contribution in [0.3, 0.4) is 0 Å². The quantitative estimate of drug-likeness (QED) is 0.801. The van der Waals surface area contributed by atoms with Crippen LogP contribution in [0.5, 0.6) is 0 Å². The lowest BCUT2D eigenvalue weighted by atomic mass is 10.2. The van der Waals surface area contributed by atoms with Crippen LogP contribution >= 0.6 is 11.6 Å². The highest BCUT2D eigenvalue weighted by Gasteiger charge is 2.25. The summed E-state index contributed by atoms with van der Waals surface area (Å²) in [6, 6.07) is 6.08. The molecule has 6 nitrogen and oxygen atoms in total. The monoisotopic (exact) mass is 328 g/mol. The lowest BCUT2D eigenvalue weighted by Gasteiger charge is -2.19. The van der Waals surface area contributed by atoms with Gasteiger partial charge in [0.25, 0.3) is 0 Å². The molecule has 3 aromatic rings. The Morgan fingerprint density at radius 2 is 2.22 bits per heavy atom. The Hall–Kier alpha value is -2.34. The highest BCUT2D eigenvalue weighted by molar-refractivity contribution is 6.32. The number of aryl methyl sites for hydroxylation is 1. The van der Waals surface area contributed by atoms with Gasteiger partial charge in [-0.2, -0.15) is 5.10 Å². The van der Waals surface area contributed by atoms with Gasteiger partial charge >= 0.3 is 0 Å². The van der Waals surface area contributed by atoms with Crippen LogP contribution in [0.2, 0.25) is 5.02 Å². The molecule has 0 aromatic carbocycles. The summed E-state index contributed by atoms with van der Waals surface area (Å²) in [6.07, 6.45) is 6.42. The number of aromatic nitrogens is 4. The Labute approximate surface area is 139 Å². The van der Waals surface area contributed by atoms with Gasteiger partial charge in [-0.25, -0.2) is 14.5 Å². The molecule has 1 N–H and O–H groups in total. The van der Waals surface area contributed by atoms with E-state index in [9.17, 15) is 0 Å². The van der Waals surface area contributed by atoms with Gasteiger partial charge in [-0.3, -0.25) is 0 Å². The summed E-state index contributed by atoms with van der Waals surface area (Å²) in [5.74, 6) is 1.72. The van der Waals surface area contributed by atoms with Crippen LogP contribution in [-0.2, 0) is 0 Å². The maximum absolute atomic E-state index is 6.24. The van der Waals surface area contributed by atoms with Crippen molar-refractivity contribution in [1.82, 2.24) is 19.6 Å². The van der Waals surface area contributed by atoms with E-state index in [1.165, 1.54) is 0 Å². The molecule has 3 aromatic heterocycles. The van der Waals surface area contributed by atoms with Gasteiger partial charge in [-0.15, -0.1) is 0 Å². The van der Waals surface area contributed by atoms with Crippen LogP contribution in [0, 0.1) is 6.92 Å². The van der Waals surface area contributed by atoms with Crippen molar-refractivity contribution in [1.29, 1.82) is 0 Å². The number of hydrogen-bond donors (Lipinski definition) is 1. The molecule has 0 amide bonds. The standard InChI is InChI=1S/C16H17ClN6/c1-11-9-14-15(18-6-8-23(14)21-11)20-12-4-7-22(10-12)16-13(17)3-2-5-19-16/h2-3,5-6,8-9,12H,4,7,10H2,1H3,(H,18,20). The molecule has 0 saturated carbocycles. The van der Waals surface area contributed by atoms with Gasteiger partial charge in [-0.05, 0) is 31.5 Å². The molecule has 1 fully saturated rings. The topological polar surface area (TPSA) is 58.3 Å². The van der Waals surface area contributed by atoms with Gasteiger partial charge in [0.2, 0.25) is 0 Å². The van der Waals surface area contributed by atoms with Crippen molar-refractivity contribution < 1.29 is 0 Å². The number of rotatable bonds is 3. The summed E-state index contributed by atoms with van der Waals surface area (Å²) >= 11 is 6.24. The summed E-state index contributed by atoms with van der Waals surface area (Å²) in [5, 5.41) is 8.65. The third-order valence-electron chi connectivity index (χ3n) is 4.08. The molecule has 0 spiro atoms. The van der Waals surface area contributed by atoms with Crippen molar-refractivity contribution in [2.45, 2.75) is 19.4 Å². The van der Waals surface area contributed by atoms with Crippen LogP contribution in [0.4, 0.5) is 11.6 Å². The zero-order chi connectivity index (χ0) is 15.8. The van der Waals surface area contributed by atoms with Crippen LogP contribution in [0.1, 0.15) is 12.1 Å². The third-order valence-corrected chi connectivity index (χ3v) is 4.37. The first-order valence-electron chi connectivity index (χ1n) is 7.64. The highest BCUT2D eigenvalue weighted by atomic mass is 35.5. The normalized spacial score (nSPS) is 17.8. The molecule has 1 saturated heterocycles. The summed E-state index contributed by atoms with van der Waals surface area (Å²) < 4.78 is 1.85. The largest absolute Gasteiger partial charge is 0.364 e. The van der Waals surface area contributed by atoms with Crippen molar-refractivity contribution in [3.05, 3.63) is 47.5 Å². The van der Waals surface area contributed by atoms with Crippen molar-refractivity contribution in [3.63, 3.8) is 0 Å². The van der Waals surface area contributed by atoms with E-state index in [0.717, 1.165) is 42.4 Å². The van der Waals surface area contributed by atoms with E-state index >= 15 is 0 Å². The molecule has 23 heavy (non-hydrogen) atoms. The van der Waals surface area contributed by atoms with Gasteiger partial charge < -0.3 is 10.2 Å². The first kappa shape index (κ1) is 14.3. The fourth-order valence-electron chi connectivity index (χ4n) is 3.03. The van der Waals surface area contributed by atoms with E-state index < -0.39 is 0 Å². The maximum Gasteiger partial charge on any atom is 0.152 e. The van der Waals surface area contributed by atoms with Gasteiger partial charge in [0.1, 0.15) is 11.3 Å². The molecule has 1 aliphatic heterocycles. The fourth-order valence-corrected chi connectivity index (χ4v) is 3.27. The number of pyridine rings is 1. The van der Waals surface area contributed by atoms with Crippen LogP contribution in [0.15, 0.2) is 36.8 Å². The number of nitrogens with one attached hydrogen (secondary N) is 1. The Morgan fingerprint density at radius 3 is 3.09 bits per heavy atom. The summed E-state index contributed by atoms with van der Waals surface area (Å²) in [4.78, 5) is 11.1. The summed E-state index contributed by atoms with van der Waals surface area (Å²) in [6.45, 7) is 3.76. The summed E-state index contributed by atoms with van der Waals surface area (Å²) in [5.41, 5.74) is 1.98. The van der Waals surface area contributed by atoms with Crippen molar-refractivity contribution in [3.8, 4) is 0 Å². The van der Waals surface area contributed by atoms with Crippen LogP contribution < -0.4 is 10.2 Å². The van der Waals surface area contributed by atoms with E-state index in [1.54, 1.807) is 12.4 Å². The van der Waals surface area contributed by atoms with E-state index in [1.807, 2.05) is 35.8 Å². The van der Waals surface area contributed by atoms with Crippen LogP contribution in [0.25, 0.3) is 5.52 Å². The summed E-state index contributed by atoms with van der Waals surface area (Å²) in [7, 11) is 0. The molecule has 0 bridgehead atoms. The molecule has 4 heterocycles. The highest BCUT2D eigenvalue weighted by Crippen LogP contribution is 2.27. The second-order valence-corrected chi connectivity index (χ2v) is 6.18. The van der Waals surface area contributed by atoms with E-state index in [0.29, 0.717) is 11.1 Å². The minimum atomic E-state index is 0.307. The Morgan fingerprint density at radius 1 is 1.30 bits per heavy atom. The van der Waals surface area contributed by atoms with Crippen LogP contribution in [-0.4, -0.2) is 38.7 Å². The Balaban J connectivity index is 1.53. The molecule has 1 aliphatic rings. The predicted molar refractivity (Wildman–Crippen MR) is 91.2 cm³/mol. The van der Waals surface area contributed by atoms with Crippen molar-refractivity contribution >= 4 is 28.8 Å². The zero-order valence-electron chi connectivity index (χ0n) is 12.8. The maximum atomic E-state index is 6.24. The number of anilines is 2. The lowest BCUT2D eigenvalue weighted by Crippen LogP contribution is -2.27. The minimum Gasteiger partial charge on any atom is -0.364 e. The fraction of sp³-hybridized carbons (Fsp3) is 0.312. The lowest BCUT2D eigenvalue weighted by molar-refractivity contribution is 0.797. The number of hydrogen-bond acceptors (Lipinski definition) is 5.